The predicted octanol–water partition coefficient (Wildman–Crippen LogP) is 13.3. The largest absolute Gasteiger partial charge is 0.474 e. The topological polar surface area (TPSA) is 262 Å². The number of likely N-dealkylation sites (tertiary alicyclic amines) is 3. The molecule has 4 aliphatic heterocycles. The first-order valence-electron chi connectivity index (χ1n) is 30.1. The molecule has 494 valence electrons. The van der Waals surface area contributed by atoms with Crippen molar-refractivity contribution in [3.63, 3.8) is 0 Å². The van der Waals surface area contributed by atoms with Crippen molar-refractivity contribution in [3.05, 3.63) is 61.1 Å². The number of carbonyl (C=O) groups excluding carboxylic acids is 3. The monoisotopic (exact) mass is 1550 g/mol. The molecule has 0 unspecified atom stereocenters. The molecule has 0 radical (unpaired) electrons. The third-order valence-corrected chi connectivity index (χ3v) is 18.2. The van der Waals surface area contributed by atoms with Gasteiger partial charge in [-0.15, -0.1) is 0 Å². The molecule has 91 heavy (non-hydrogen) atoms. The molecule has 6 aromatic rings. The highest BCUT2D eigenvalue weighted by molar-refractivity contribution is 14.1. The molecule has 29 heteroatoms. The fourth-order valence-corrected chi connectivity index (χ4v) is 12.4. The summed E-state index contributed by atoms with van der Waals surface area (Å²) >= 11 is 14.9. The molecule has 5 aliphatic rings. The summed E-state index contributed by atoms with van der Waals surface area (Å²) in [5, 5.41) is 14.3. The van der Waals surface area contributed by atoms with Crippen molar-refractivity contribution in [2.45, 2.75) is 176 Å². The minimum Gasteiger partial charge on any atom is -0.474 e. The molecule has 1 aliphatic carbocycles. The van der Waals surface area contributed by atoms with Crippen LogP contribution in [0.3, 0.4) is 0 Å². The molecular formula is C62H81ClI2N12O11S3. The van der Waals surface area contributed by atoms with Gasteiger partial charge in [0.2, 0.25) is 11.8 Å². The van der Waals surface area contributed by atoms with E-state index in [2.05, 4.69) is 86.1 Å². The Labute approximate surface area is 576 Å². The Morgan fingerprint density at radius 2 is 0.945 bits per heavy atom. The number of piperidine rings is 3. The molecule has 10 heterocycles. The minimum atomic E-state index is -0.504. The zero-order chi connectivity index (χ0) is 65.8. The molecule has 0 aromatic carbocycles. The van der Waals surface area contributed by atoms with E-state index in [4.69, 9.17) is 54.7 Å². The Hall–Kier alpha value is -4.70. The molecule has 0 bridgehead atoms. The molecule has 0 saturated carbocycles. The van der Waals surface area contributed by atoms with Gasteiger partial charge in [-0.25, -0.2) is 59.2 Å². The number of ether oxygens (including phenoxy) is 7. The summed E-state index contributed by atoms with van der Waals surface area (Å²) < 4.78 is 42.4. The number of aliphatic hydroxyl groups excluding tert-OH is 1. The van der Waals surface area contributed by atoms with Crippen LogP contribution in [0.1, 0.15) is 126 Å². The lowest BCUT2D eigenvalue weighted by atomic mass is 9.89. The summed E-state index contributed by atoms with van der Waals surface area (Å²) in [6.45, 7) is 21.7. The van der Waals surface area contributed by atoms with Gasteiger partial charge in [0.25, 0.3) is 0 Å². The van der Waals surface area contributed by atoms with Gasteiger partial charge in [0.15, 0.2) is 21.3 Å². The normalized spacial score (nSPS) is 17.5. The third kappa shape index (κ3) is 20.7. The van der Waals surface area contributed by atoms with Crippen LogP contribution < -0.4 is 9.47 Å². The highest BCUT2D eigenvalue weighted by atomic mass is 127. The van der Waals surface area contributed by atoms with Crippen molar-refractivity contribution in [1.29, 1.82) is 0 Å². The van der Waals surface area contributed by atoms with Gasteiger partial charge in [-0.05, 0) is 151 Å². The van der Waals surface area contributed by atoms with Crippen molar-refractivity contribution < 1.29 is 52.6 Å². The standard InChI is InChI=1S/C26H34N4O5S.C18H23IN4O3S.C10H19NO3.C8H5ClIN3S/c1-25(2,3)35-24(31)30-11-7-18(8-12-30)34-22-20-16-28-23(36-4)29-21(20)19(15-27-22)17-5-9-26(10-6-17)32-13-14-33-26;1-18(2,3)26-17(24)23-7-5-11(6-8-23)25-15-12-9-21-16(27-4)22-14(12)13(19)10-20-15;1-10(2,3)14-9(13)11-6-4-8(12)5-7-11;1-14-8-12-2-4-6(13-8)5(10)3-11-7(4)9/h5,15-16,18H,6-14H2,1-4H3;9-11H,5-8H2,1-4H3;8,12H,4-7H2,1-3H3;2-3H,1H3. The van der Waals surface area contributed by atoms with Gasteiger partial charge >= 0.3 is 18.3 Å². The van der Waals surface area contributed by atoms with Crippen LogP contribution in [0.2, 0.25) is 5.15 Å². The van der Waals surface area contributed by atoms with Gasteiger partial charge in [0.1, 0.15) is 34.2 Å². The zero-order valence-electron chi connectivity index (χ0n) is 53.5. The summed E-state index contributed by atoms with van der Waals surface area (Å²) in [7, 11) is 0. The van der Waals surface area contributed by atoms with Crippen LogP contribution in [0.5, 0.6) is 11.8 Å². The number of pyridine rings is 3. The number of aliphatic hydroxyl groups is 1. The summed E-state index contributed by atoms with van der Waals surface area (Å²) in [6, 6.07) is 0. The van der Waals surface area contributed by atoms with Crippen LogP contribution in [0, 0.1) is 7.14 Å². The van der Waals surface area contributed by atoms with Crippen LogP contribution in [0.25, 0.3) is 38.3 Å². The Morgan fingerprint density at radius 3 is 1.36 bits per heavy atom. The fourth-order valence-electron chi connectivity index (χ4n) is 10.1. The quantitative estimate of drug-likeness (QED) is 0.0488. The van der Waals surface area contributed by atoms with Crippen LogP contribution in [0.4, 0.5) is 14.4 Å². The van der Waals surface area contributed by atoms with Gasteiger partial charge in [0, 0.05) is 121 Å². The number of hydrogen-bond donors (Lipinski definition) is 1. The molecule has 4 fully saturated rings. The molecule has 6 aromatic heterocycles. The summed E-state index contributed by atoms with van der Waals surface area (Å²) in [5.74, 6) is 0.616. The first-order valence-corrected chi connectivity index (χ1v) is 36.3. The van der Waals surface area contributed by atoms with Crippen molar-refractivity contribution >= 4 is 149 Å². The molecule has 1 spiro atoms. The zero-order valence-corrected chi connectivity index (χ0v) is 61.1. The number of fused-ring (bicyclic) bond motifs is 3. The van der Waals surface area contributed by atoms with E-state index in [-0.39, 0.29) is 36.6 Å². The maximum absolute atomic E-state index is 12.4. The lowest BCUT2D eigenvalue weighted by Crippen LogP contribution is -2.44. The second-order valence-electron chi connectivity index (χ2n) is 25.0. The molecule has 0 atom stereocenters. The second kappa shape index (κ2) is 32.2. The van der Waals surface area contributed by atoms with E-state index in [1.807, 2.05) is 93.5 Å². The number of aromatic nitrogens is 9. The van der Waals surface area contributed by atoms with Crippen LogP contribution >= 0.6 is 92.1 Å². The van der Waals surface area contributed by atoms with Crippen molar-refractivity contribution in [1.82, 2.24) is 59.6 Å². The van der Waals surface area contributed by atoms with Gasteiger partial charge in [-0.3, -0.25) is 0 Å². The Balaban J connectivity index is 0.000000170. The number of allylic oxidation sites excluding steroid dienone is 1. The van der Waals surface area contributed by atoms with Gasteiger partial charge in [-0.2, -0.15) is 0 Å². The lowest BCUT2D eigenvalue weighted by Gasteiger charge is -2.33. The number of hydrogen-bond acceptors (Lipinski definition) is 23. The number of thioether (sulfide) groups is 3. The third-order valence-electron chi connectivity index (χ3n) is 14.6. The second-order valence-corrected chi connectivity index (χ2v) is 30.0. The molecule has 3 amide bonds. The SMILES string of the molecule is CC(C)(C)OC(=O)N1CCC(O)CC1.CSc1ncc2c(Cl)ncc(I)c2n1.CSc1ncc2c(OC3CCN(C(=O)OC(C)(C)C)CC3)ncc(C3=CCC4(CC3)OCCO4)c2n1.CSc1ncc2c(OC3CCN(C(=O)OC(C)(C)C)CC3)ncc(I)c2n1. The number of rotatable bonds is 8. The number of amides is 3. The Morgan fingerprint density at radius 1 is 0.560 bits per heavy atom. The number of halogens is 3. The maximum Gasteiger partial charge on any atom is 0.410 e. The molecule has 4 saturated heterocycles. The summed E-state index contributed by atoms with van der Waals surface area (Å²) in [6.07, 6.45) is 24.1. The first kappa shape index (κ1) is 72.1. The molecule has 23 nitrogen and oxygen atoms in total. The van der Waals surface area contributed by atoms with Gasteiger partial charge < -0.3 is 53.0 Å². The smallest absolute Gasteiger partial charge is 0.410 e. The maximum atomic E-state index is 12.4. The van der Waals surface area contributed by atoms with E-state index in [1.54, 1.807) is 39.5 Å². The van der Waals surface area contributed by atoms with E-state index in [9.17, 15) is 19.5 Å². The van der Waals surface area contributed by atoms with Crippen molar-refractivity contribution in [2.75, 3.05) is 71.2 Å². The number of nitrogens with zero attached hydrogens (tertiary/aromatic N) is 12. The highest BCUT2D eigenvalue weighted by Gasteiger charge is 2.39. The van der Waals surface area contributed by atoms with Crippen LogP contribution in [0.15, 0.2) is 58.7 Å². The van der Waals surface area contributed by atoms with E-state index in [0.717, 1.165) is 87.8 Å². The molecular weight excluding hydrogens is 1470 g/mol. The van der Waals surface area contributed by atoms with E-state index >= 15 is 0 Å². The van der Waals surface area contributed by atoms with E-state index in [0.29, 0.717) is 100 Å². The van der Waals surface area contributed by atoms with E-state index < -0.39 is 22.6 Å². The first-order chi connectivity index (χ1) is 43.1. The van der Waals surface area contributed by atoms with Gasteiger partial charge in [0.05, 0.1) is 59.2 Å². The average Bonchev–Trinajstić information content (AvgIpc) is 1.39. The highest BCUT2D eigenvalue weighted by Crippen LogP contribution is 2.41. The van der Waals surface area contributed by atoms with Crippen LogP contribution in [-0.4, -0.2) is 195 Å². The lowest BCUT2D eigenvalue weighted by molar-refractivity contribution is -0.159. The van der Waals surface area contributed by atoms with Crippen molar-refractivity contribution in [2.24, 2.45) is 0 Å². The Kier molecular flexibility index (Phi) is 25.5. The van der Waals surface area contributed by atoms with E-state index in [1.165, 1.54) is 40.9 Å². The Bertz CT molecular complexity index is 3540. The van der Waals surface area contributed by atoms with Crippen LogP contribution in [-0.2, 0) is 23.7 Å². The summed E-state index contributed by atoms with van der Waals surface area (Å²) in [5.41, 5.74) is 3.34. The predicted molar refractivity (Wildman–Crippen MR) is 370 cm³/mol. The average molecular weight is 1560 g/mol. The number of carbonyl (C=O) groups is 3. The summed E-state index contributed by atoms with van der Waals surface area (Å²) in [4.78, 5) is 81.2. The molecule has 11 rings (SSSR count). The van der Waals surface area contributed by atoms with Crippen molar-refractivity contribution in [3.8, 4) is 11.8 Å². The van der Waals surface area contributed by atoms with Gasteiger partial charge in [-0.1, -0.05) is 53.0 Å². The molecule has 1 N–H and O–H groups in total. The minimum absolute atomic E-state index is 0.000301. The fraction of sp³-hybridized carbons (Fsp3) is 0.581.